The number of nitrogens with two attached hydrogens (primary N) is 2. The molecule has 0 amide bonds. The van der Waals surface area contributed by atoms with Gasteiger partial charge < -0.3 is 20.8 Å². The number of hydrogen-bond donors (Lipinski definition) is 4. The molecule has 0 radical (unpaired) electrons. The number of ether oxygens (including phenoxy) is 1. The smallest absolute Gasteiger partial charge is 0.251 e. The quantitative estimate of drug-likeness (QED) is 0.286. The van der Waals surface area contributed by atoms with E-state index in [0.717, 1.165) is 16.5 Å². The molecule has 6 N–H and O–H groups in total. The molecule has 3 aromatic carbocycles. The van der Waals surface area contributed by atoms with Crippen LogP contribution in [0.5, 0.6) is 11.5 Å². The Bertz CT molecular complexity index is 1370. The summed E-state index contributed by atoms with van der Waals surface area (Å²) in [6, 6.07) is 23.1. The fraction of sp³-hybridized carbons (Fsp3) is 0.0417. The molecule has 0 spiro atoms. The number of pyridine rings is 1. The Labute approximate surface area is 178 Å². The first-order valence-electron chi connectivity index (χ1n) is 9.60. The zero-order valence-electron chi connectivity index (χ0n) is 16.6. The van der Waals surface area contributed by atoms with Gasteiger partial charge in [0.1, 0.15) is 23.2 Å². The maximum Gasteiger partial charge on any atom is 0.251 e. The lowest BCUT2D eigenvalue weighted by molar-refractivity contribution is 0.483. The van der Waals surface area contributed by atoms with E-state index in [9.17, 15) is 4.79 Å². The SMILES string of the molecule is N=C(N)c1cccc(Cn2c(=O)ccc3cc(Oc4cccc(C(=N)N)c4)ccc32)c1. The van der Waals surface area contributed by atoms with Gasteiger partial charge in [-0.3, -0.25) is 15.6 Å². The van der Waals surface area contributed by atoms with Crippen molar-refractivity contribution in [2.45, 2.75) is 6.54 Å². The van der Waals surface area contributed by atoms with E-state index in [4.69, 9.17) is 27.0 Å². The van der Waals surface area contributed by atoms with Crippen LogP contribution >= 0.6 is 0 Å². The number of hydrogen-bond acceptors (Lipinski definition) is 4. The van der Waals surface area contributed by atoms with Gasteiger partial charge in [-0.05, 0) is 48.0 Å². The Morgan fingerprint density at radius 1 is 0.806 bits per heavy atom. The maximum absolute atomic E-state index is 12.6. The highest BCUT2D eigenvalue weighted by molar-refractivity contribution is 5.95. The summed E-state index contributed by atoms with van der Waals surface area (Å²) in [7, 11) is 0. The Morgan fingerprint density at radius 3 is 2.23 bits per heavy atom. The minimum Gasteiger partial charge on any atom is -0.457 e. The molecule has 154 valence electrons. The lowest BCUT2D eigenvalue weighted by Gasteiger charge is -2.13. The van der Waals surface area contributed by atoms with Crippen LogP contribution in [0.1, 0.15) is 16.7 Å². The lowest BCUT2D eigenvalue weighted by atomic mass is 10.1. The van der Waals surface area contributed by atoms with Crippen LogP contribution in [0.25, 0.3) is 10.9 Å². The predicted octanol–water partition coefficient (Wildman–Crippen LogP) is 3.41. The Kier molecular flexibility index (Phi) is 5.24. The highest BCUT2D eigenvalue weighted by Gasteiger charge is 2.08. The van der Waals surface area contributed by atoms with E-state index >= 15 is 0 Å². The highest BCUT2D eigenvalue weighted by atomic mass is 16.5. The van der Waals surface area contributed by atoms with Crippen molar-refractivity contribution in [1.82, 2.24) is 4.57 Å². The second-order valence-corrected chi connectivity index (χ2v) is 7.14. The highest BCUT2D eigenvalue weighted by Crippen LogP contribution is 2.26. The van der Waals surface area contributed by atoms with Crippen LogP contribution in [0.3, 0.4) is 0 Å². The number of fused-ring (bicyclic) bond motifs is 1. The zero-order chi connectivity index (χ0) is 22.0. The molecule has 7 heteroatoms. The molecular weight excluding hydrogens is 390 g/mol. The largest absolute Gasteiger partial charge is 0.457 e. The lowest BCUT2D eigenvalue weighted by Crippen LogP contribution is -2.20. The predicted molar refractivity (Wildman–Crippen MR) is 122 cm³/mol. The first-order valence-corrected chi connectivity index (χ1v) is 9.60. The number of nitrogen functional groups attached to an aromatic ring is 2. The molecule has 0 aliphatic heterocycles. The molecule has 0 atom stereocenters. The molecule has 0 bridgehead atoms. The van der Waals surface area contributed by atoms with Crippen molar-refractivity contribution in [2.24, 2.45) is 11.5 Å². The minimum absolute atomic E-state index is 0.0113. The first kappa shape index (κ1) is 19.9. The number of aromatic nitrogens is 1. The third-order valence-electron chi connectivity index (χ3n) is 4.92. The number of nitrogens with zero attached hydrogens (tertiary/aromatic N) is 1. The number of nitrogens with one attached hydrogen (secondary N) is 2. The third-order valence-corrected chi connectivity index (χ3v) is 4.92. The van der Waals surface area contributed by atoms with Crippen molar-refractivity contribution in [3.8, 4) is 11.5 Å². The molecule has 0 fully saturated rings. The average Bonchev–Trinajstić information content (AvgIpc) is 2.76. The van der Waals surface area contributed by atoms with Crippen LogP contribution < -0.4 is 21.8 Å². The zero-order valence-corrected chi connectivity index (χ0v) is 16.6. The normalized spacial score (nSPS) is 10.7. The Balaban J connectivity index is 1.68. The van der Waals surface area contributed by atoms with Crippen LogP contribution in [-0.4, -0.2) is 16.2 Å². The van der Waals surface area contributed by atoms with Crippen molar-refractivity contribution >= 4 is 22.6 Å². The van der Waals surface area contributed by atoms with Gasteiger partial charge in [-0.15, -0.1) is 0 Å². The minimum atomic E-state index is -0.122. The molecule has 0 saturated heterocycles. The topological polar surface area (TPSA) is 131 Å². The molecule has 1 aromatic heterocycles. The number of rotatable bonds is 6. The van der Waals surface area contributed by atoms with E-state index in [0.29, 0.717) is 29.2 Å². The summed E-state index contributed by atoms with van der Waals surface area (Å²) in [5, 5.41) is 16.0. The first-order chi connectivity index (χ1) is 14.9. The van der Waals surface area contributed by atoms with Crippen molar-refractivity contribution in [1.29, 1.82) is 10.8 Å². The van der Waals surface area contributed by atoms with E-state index in [1.807, 2.05) is 30.3 Å². The summed E-state index contributed by atoms with van der Waals surface area (Å²) in [4.78, 5) is 12.6. The van der Waals surface area contributed by atoms with Gasteiger partial charge in [0, 0.05) is 22.6 Å². The molecule has 31 heavy (non-hydrogen) atoms. The van der Waals surface area contributed by atoms with Gasteiger partial charge in [-0.25, -0.2) is 0 Å². The van der Waals surface area contributed by atoms with Crippen molar-refractivity contribution < 1.29 is 4.74 Å². The summed E-state index contributed by atoms with van der Waals surface area (Å²) < 4.78 is 7.61. The van der Waals surface area contributed by atoms with Gasteiger partial charge in [0.05, 0.1) is 12.1 Å². The molecular formula is C24H21N5O2. The number of amidine groups is 2. The molecule has 0 saturated carbocycles. The van der Waals surface area contributed by atoms with Gasteiger partial charge in [0.15, 0.2) is 0 Å². The fourth-order valence-electron chi connectivity index (χ4n) is 3.39. The second kappa shape index (κ2) is 8.16. The fourth-order valence-corrected chi connectivity index (χ4v) is 3.39. The van der Waals surface area contributed by atoms with E-state index in [1.54, 1.807) is 47.0 Å². The average molecular weight is 411 g/mol. The number of benzene rings is 3. The summed E-state index contributed by atoms with van der Waals surface area (Å²) in [5.41, 5.74) is 13.9. The van der Waals surface area contributed by atoms with Crippen LogP contribution in [0.4, 0.5) is 0 Å². The van der Waals surface area contributed by atoms with Gasteiger partial charge in [-0.2, -0.15) is 0 Å². The molecule has 0 aliphatic rings. The van der Waals surface area contributed by atoms with Crippen molar-refractivity contribution in [3.63, 3.8) is 0 Å². The molecule has 7 nitrogen and oxygen atoms in total. The Hall–Kier alpha value is -4.39. The monoisotopic (exact) mass is 411 g/mol. The van der Waals surface area contributed by atoms with Crippen LogP contribution in [0.15, 0.2) is 83.7 Å². The van der Waals surface area contributed by atoms with Crippen LogP contribution in [0, 0.1) is 10.8 Å². The van der Waals surface area contributed by atoms with Gasteiger partial charge >= 0.3 is 0 Å². The second-order valence-electron chi connectivity index (χ2n) is 7.14. The molecule has 4 aromatic rings. The molecule has 0 aliphatic carbocycles. The molecule has 0 unspecified atom stereocenters. The van der Waals surface area contributed by atoms with Crippen molar-refractivity contribution in [2.75, 3.05) is 0 Å². The van der Waals surface area contributed by atoms with Crippen molar-refractivity contribution in [3.05, 3.63) is 106 Å². The summed E-state index contributed by atoms with van der Waals surface area (Å²) >= 11 is 0. The molecule has 4 rings (SSSR count). The van der Waals surface area contributed by atoms with E-state index in [-0.39, 0.29) is 17.2 Å². The third kappa shape index (κ3) is 4.30. The summed E-state index contributed by atoms with van der Waals surface area (Å²) in [5.74, 6) is 1.14. The summed E-state index contributed by atoms with van der Waals surface area (Å²) in [6.07, 6.45) is 0. The maximum atomic E-state index is 12.6. The van der Waals surface area contributed by atoms with Gasteiger partial charge in [0.2, 0.25) is 0 Å². The van der Waals surface area contributed by atoms with E-state index in [2.05, 4.69) is 0 Å². The van der Waals surface area contributed by atoms with E-state index in [1.165, 1.54) is 6.07 Å². The van der Waals surface area contributed by atoms with E-state index < -0.39 is 0 Å². The Morgan fingerprint density at radius 2 is 1.48 bits per heavy atom. The van der Waals surface area contributed by atoms with Gasteiger partial charge in [-0.1, -0.05) is 30.3 Å². The standard InChI is InChI=1S/C24H21N5O2/c25-23(26)17-4-1-3-15(11-17)14-29-21-9-8-20(12-16(21)7-10-22(29)30)31-19-6-2-5-18(13-19)24(27)28/h1-13H,14H2,(H3,25,26)(H3,27,28). The van der Waals surface area contributed by atoms with Gasteiger partial charge in [0.25, 0.3) is 5.56 Å². The molecule has 1 heterocycles. The van der Waals surface area contributed by atoms with Crippen LogP contribution in [0.2, 0.25) is 0 Å². The summed E-state index contributed by atoms with van der Waals surface area (Å²) in [6.45, 7) is 0.359. The van der Waals surface area contributed by atoms with Crippen LogP contribution in [-0.2, 0) is 6.54 Å².